The van der Waals surface area contributed by atoms with Gasteiger partial charge in [-0.3, -0.25) is 0 Å². The second-order valence-electron chi connectivity index (χ2n) is 0. The Balaban J connectivity index is 0. The molecule has 0 aromatic carbocycles. The monoisotopic (exact) mass is 350 g/mol. The molecule has 0 rings (SSSR count). The van der Waals surface area contributed by atoms with Crippen molar-refractivity contribution in [3.63, 3.8) is 0 Å². The first kappa shape index (κ1) is 25.1. The zero-order valence-electron chi connectivity index (χ0n) is 0.354. The molecule has 0 heterocycles. The third-order valence-electron chi connectivity index (χ3n) is 0. The molecule has 0 spiro atoms. The molecular weight excluding hydrogens is 340 g/mol. The number of hydrogen-bond donors (Lipinski definition) is 0. The summed E-state index contributed by atoms with van der Waals surface area (Å²) in [6, 6.07) is 0. The maximum absolute atomic E-state index is 0. The average molecular weight is 349 g/mol. The Morgan fingerprint density at radius 2 is 1.00 bits per heavy atom. The van der Waals surface area contributed by atoms with Crippen molar-refractivity contribution in [3.8, 4) is 0 Å². The molecule has 0 aromatic heterocycles. The van der Waals surface area contributed by atoms with E-state index in [1.54, 1.807) is 0 Å². The Labute approximate surface area is 112 Å². The maximum atomic E-state index is 0. The molecule has 0 unspecified atom stereocenters. The summed E-state index contributed by atoms with van der Waals surface area (Å²) in [5.74, 6) is 0. The average Bonchev–Trinajstić information content (AvgIpc) is 0. The topological polar surface area (TPSA) is 0 Å². The summed E-state index contributed by atoms with van der Waals surface area (Å²) in [6.07, 6.45) is 0. The number of hydrogen-bond acceptors (Lipinski definition) is 0. The molecule has 0 saturated carbocycles. The van der Waals surface area contributed by atoms with E-state index in [1.807, 2.05) is 0 Å². The van der Waals surface area contributed by atoms with Crippen LogP contribution in [0.15, 0.2) is 0 Å². The van der Waals surface area contributed by atoms with Gasteiger partial charge < -0.3 is 0 Å². The van der Waals surface area contributed by atoms with Crippen molar-refractivity contribution in [1.82, 2.24) is 0 Å². The standard InChI is InChI=1S/Ca.Ga.Gd.GeH4.5H/h;;;1H4;;;;;. The van der Waals surface area contributed by atoms with Crippen molar-refractivity contribution >= 4 is 75.1 Å². The molecule has 0 aliphatic rings. The summed E-state index contributed by atoms with van der Waals surface area (Å²) in [4.78, 5) is 0. The second kappa shape index (κ2) is 15.9. The molecule has 0 aliphatic heterocycles. The Hall–Kier alpha value is 3.76. The molecule has 0 fully saturated rings. The van der Waals surface area contributed by atoms with Gasteiger partial charge in [0.25, 0.3) is 0 Å². The van der Waals surface area contributed by atoms with E-state index < -0.39 is 0 Å². The Morgan fingerprint density at radius 3 is 1.00 bits per heavy atom. The van der Waals surface area contributed by atoms with Crippen LogP contribution in [0.5, 0.6) is 0 Å². The minimum atomic E-state index is 0. The number of rotatable bonds is 0. The van der Waals surface area contributed by atoms with Crippen LogP contribution in [-0.4, -0.2) is 75.1 Å². The molecule has 0 radical (unpaired) electrons. The molecule has 0 bridgehead atoms. The van der Waals surface area contributed by atoms with Crippen LogP contribution in [0.2, 0.25) is 0 Å². The van der Waals surface area contributed by atoms with Gasteiger partial charge >= 0.3 is 75.1 Å². The first-order valence-electron chi connectivity index (χ1n) is 0. The van der Waals surface area contributed by atoms with Gasteiger partial charge in [0.1, 0.15) is 0 Å². The molecule has 0 N–H and O–H groups in total. The van der Waals surface area contributed by atoms with Crippen LogP contribution in [0.25, 0.3) is 0 Å². The van der Waals surface area contributed by atoms with Gasteiger partial charge in [-0.05, 0) is 0 Å². The van der Waals surface area contributed by atoms with Gasteiger partial charge in [-0.25, -0.2) is 0 Å². The van der Waals surface area contributed by atoms with Crippen molar-refractivity contribution in [2.45, 2.75) is 0 Å². The molecule has 0 atom stereocenters. The van der Waals surface area contributed by atoms with Crippen molar-refractivity contribution in [1.29, 1.82) is 0 Å². The van der Waals surface area contributed by atoms with Gasteiger partial charge in [-0.15, -0.1) is 0 Å². The van der Waals surface area contributed by atoms with E-state index in [0.29, 0.717) is 0 Å². The molecule has 0 aromatic rings. The van der Waals surface area contributed by atoms with Gasteiger partial charge in [0, 0.05) is 39.9 Å². The predicted octanol–water partition coefficient (Wildman–Crippen LogP) is -3.55. The van der Waals surface area contributed by atoms with E-state index in [1.165, 1.54) is 0 Å². The Morgan fingerprint density at radius 1 is 1.00 bits per heavy atom. The van der Waals surface area contributed by atoms with E-state index in [9.17, 15) is 0 Å². The van der Waals surface area contributed by atoms with E-state index in [0.717, 1.165) is 0 Å². The summed E-state index contributed by atoms with van der Waals surface area (Å²) >= 11 is 0. The van der Waals surface area contributed by atoms with Gasteiger partial charge in [-0.2, -0.15) is 0 Å². The van der Waals surface area contributed by atoms with Crippen LogP contribution in [0.4, 0.5) is 0 Å². The van der Waals surface area contributed by atoms with Crippen molar-refractivity contribution in [3.05, 3.63) is 0 Å². The van der Waals surface area contributed by atoms with E-state index in [2.05, 4.69) is 0 Å². The summed E-state index contributed by atoms with van der Waals surface area (Å²) in [7, 11) is 0. The Bertz CT molecular complexity index is 8.00. The van der Waals surface area contributed by atoms with Crippen LogP contribution in [0.3, 0.4) is 0 Å². The van der Waals surface area contributed by atoms with Crippen LogP contribution < -0.4 is 0 Å². The quantitative estimate of drug-likeness (QED) is 0.398. The van der Waals surface area contributed by atoms with E-state index in [-0.39, 0.29) is 115 Å². The first-order valence-corrected chi connectivity index (χ1v) is 0. The first-order chi connectivity index (χ1) is 0. The summed E-state index contributed by atoms with van der Waals surface area (Å²) in [6.45, 7) is 0. The van der Waals surface area contributed by atoms with E-state index in [4.69, 9.17) is 0 Å². The molecule has 4 heavy (non-hydrogen) atoms. The van der Waals surface area contributed by atoms with Gasteiger partial charge in [-0.1, -0.05) is 0 Å². The van der Waals surface area contributed by atoms with Gasteiger partial charge in [0.2, 0.25) is 0 Å². The molecule has 4 heteroatoms. The van der Waals surface area contributed by atoms with Crippen LogP contribution in [0, 0.1) is 39.9 Å². The SMILES string of the molecule is [CaH2].[GaH3].[Gd].[GeH4]. The molecule has 0 nitrogen and oxygen atoms in total. The fraction of sp³-hybridized carbons (Fsp3) is 0. The summed E-state index contributed by atoms with van der Waals surface area (Å²) < 4.78 is 0. The van der Waals surface area contributed by atoms with Crippen LogP contribution >= 0.6 is 0 Å². The van der Waals surface area contributed by atoms with Crippen LogP contribution in [0.1, 0.15) is 0 Å². The molecule has 26 valence electrons. The third kappa shape index (κ3) is 9.23. The molecule has 0 amide bonds. The Kier molecular flexibility index (Phi) is 99.4. The van der Waals surface area contributed by atoms with E-state index >= 15 is 0 Å². The predicted molar refractivity (Wildman–Crippen MR) is 29.8 cm³/mol. The molecule has 0 saturated heterocycles. The van der Waals surface area contributed by atoms with Crippen molar-refractivity contribution < 1.29 is 39.9 Å². The normalized spacial score (nSPS) is 0. The molecule has 0 aliphatic carbocycles. The summed E-state index contributed by atoms with van der Waals surface area (Å²) in [5, 5.41) is 0. The zero-order chi connectivity index (χ0) is 0. The fourth-order valence-electron chi connectivity index (χ4n) is 0. The minimum absolute atomic E-state index is 0. The second-order valence-corrected chi connectivity index (χ2v) is 0. The third-order valence-corrected chi connectivity index (χ3v) is 0. The summed E-state index contributed by atoms with van der Waals surface area (Å²) in [5.41, 5.74) is 0. The van der Waals surface area contributed by atoms with Gasteiger partial charge in [0.05, 0.1) is 0 Å². The van der Waals surface area contributed by atoms with Crippen molar-refractivity contribution in [2.75, 3.05) is 0 Å². The van der Waals surface area contributed by atoms with Gasteiger partial charge in [0.15, 0.2) is 0 Å². The van der Waals surface area contributed by atoms with Crippen LogP contribution in [-0.2, 0) is 0 Å². The molecular formula is H9CaGaGdGe. The zero-order valence-corrected chi connectivity index (χ0v) is 2.62. The van der Waals surface area contributed by atoms with Crippen molar-refractivity contribution in [2.24, 2.45) is 0 Å². The fourth-order valence-corrected chi connectivity index (χ4v) is 0.